The molecule has 15 N–H and O–H groups in total. The maximum absolute atomic E-state index is 14.6. The van der Waals surface area contributed by atoms with Crippen molar-refractivity contribution < 1.29 is 118 Å². The Kier molecular flexibility index (Phi) is 34.6. The van der Waals surface area contributed by atoms with E-state index in [1.165, 1.54) is 70.5 Å². The van der Waals surface area contributed by atoms with E-state index in [4.69, 9.17) is 0 Å². The molecule has 5 amide bonds. The Morgan fingerprint density at radius 2 is 0.699 bits per heavy atom. The highest BCUT2D eigenvalue weighted by Crippen LogP contribution is 2.16. The third-order valence-electron chi connectivity index (χ3n) is 15.3. The van der Waals surface area contributed by atoms with Crippen LogP contribution >= 0.6 is 0 Å². The summed E-state index contributed by atoms with van der Waals surface area (Å²) in [4.78, 5) is 190. The molecule has 0 spiro atoms. The van der Waals surface area contributed by atoms with Crippen LogP contribution in [-0.4, -0.2) is 361 Å². The molecule has 1 aromatic rings. The molecule has 37 nitrogen and oxygen atoms in total. The second-order valence-corrected chi connectivity index (χ2v) is 22.3. The van der Waals surface area contributed by atoms with Gasteiger partial charge in [0.2, 0.25) is 29.5 Å². The highest BCUT2D eigenvalue weighted by molar-refractivity contribution is 5.95. The minimum atomic E-state index is -1.85. The topological polar surface area (TPSA) is 527 Å². The monoisotopic (exact) mass is 1330 g/mol. The summed E-state index contributed by atoms with van der Waals surface area (Å²) < 4.78 is 0. The van der Waals surface area contributed by atoms with Crippen molar-refractivity contribution in [2.45, 2.75) is 75.2 Å². The predicted molar refractivity (Wildman–Crippen MR) is 320 cm³/mol. The first-order valence-corrected chi connectivity index (χ1v) is 29.9. The summed E-state index contributed by atoms with van der Waals surface area (Å²) in [6.07, 6.45) is -3.58. The van der Waals surface area contributed by atoms with Gasteiger partial charge < -0.3 is 77.6 Å². The van der Waals surface area contributed by atoms with E-state index >= 15 is 0 Å². The van der Waals surface area contributed by atoms with Crippen LogP contribution in [0, 0.1) is 0 Å². The largest absolute Gasteiger partial charge is 0.508 e. The van der Waals surface area contributed by atoms with Gasteiger partial charge in [-0.2, -0.15) is 0 Å². The number of benzene rings is 1. The Balaban J connectivity index is 2.02. The van der Waals surface area contributed by atoms with E-state index in [9.17, 15) is 118 Å². The molecule has 2 aliphatic heterocycles. The molecule has 0 bridgehead atoms. The number of phenolic OH excluding ortho intramolecular Hbond substituents is 1. The Morgan fingerprint density at radius 1 is 0.376 bits per heavy atom. The Labute approximate surface area is 534 Å². The molecule has 2 aliphatic rings. The van der Waals surface area contributed by atoms with Crippen LogP contribution in [0.1, 0.15) is 44.1 Å². The lowest BCUT2D eigenvalue weighted by molar-refractivity contribution is -0.145. The van der Waals surface area contributed by atoms with Crippen molar-refractivity contribution in [1.29, 1.82) is 0 Å². The number of carbonyl (C=O) groups excluding carboxylic acids is 5. The molecule has 3 rings (SSSR count). The fraction of sp³-hybridized carbons (Fsp3) is 0.643. The number of aliphatic carboxylic acids is 9. The Bertz CT molecular complexity index is 2660. The van der Waals surface area contributed by atoms with Gasteiger partial charge in [-0.1, -0.05) is 12.1 Å². The molecule has 5 atom stereocenters. The van der Waals surface area contributed by atoms with Crippen LogP contribution in [0.5, 0.6) is 5.75 Å². The Hall–Kier alpha value is -8.72. The van der Waals surface area contributed by atoms with Crippen LogP contribution in [-0.2, 0) is 73.5 Å². The lowest BCUT2D eigenvalue weighted by Gasteiger charge is -2.35. The first-order valence-electron chi connectivity index (χ1n) is 29.9. The number of aromatic hydroxyl groups is 1. The third kappa shape index (κ3) is 31.9. The van der Waals surface area contributed by atoms with Crippen molar-refractivity contribution in [3.05, 3.63) is 29.8 Å². The first kappa shape index (κ1) is 78.5. The molecule has 0 radical (unpaired) electrons. The summed E-state index contributed by atoms with van der Waals surface area (Å²) in [7, 11) is 1.22. The number of nitrogens with zero attached hydrogens (tertiary/aromatic N) is 8. The maximum Gasteiger partial charge on any atom is 0.320 e. The van der Waals surface area contributed by atoms with Gasteiger partial charge in [-0.25, -0.2) is 0 Å². The van der Waals surface area contributed by atoms with Crippen LogP contribution in [0.3, 0.4) is 0 Å². The number of carboxylic acids is 9. The predicted octanol–water partition coefficient (Wildman–Crippen LogP) is -6.47. The van der Waals surface area contributed by atoms with E-state index in [2.05, 4.69) is 26.6 Å². The van der Waals surface area contributed by atoms with Gasteiger partial charge in [0.05, 0.1) is 39.3 Å². The summed E-state index contributed by atoms with van der Waals surface area (Å²) in [5.74, 6) is -16.7. The number of likely N-dealkylation sites (N-methyl/N-ethyl adjacent to an activating group) is 1. The molecular weight excluding hydrogens is 1240 g/mol. The molecular formula is C56H87N13O24. The van der Waals surface area contributed by atoms with Crippen LogP contribution in [0.2, 0.25) is 0 Å². The van der Waals surface area contributed by atoms with E-state index in [1.54, 1.807) is 0 Å². The second kappa shape index (κ2) is 41.0. The summed E-state index contributed by atoms with van der Waals surface area (Å²) in [6.45, 7) is -4.45. The number of phenols is 1. The van der Waals surface area contributed by atoms with Crippen molar-refractivity contribution in [3.8, 4) is 5.75 Å². The summed E-state index contributed by atoms with van der Waals surface area (Å²) in [5.41, 5.74) is 0.319. The summed E-state index contributed by atoms with van der Waals surface area (Å²) >= 11 is 0. The van der Waals surface area contributed by atoms with Gasteiger partial charge in [0.25, 0.3) is 0 Å². The highest BCUT2D eigenvalue weighted by atomic mass is 16.4. The maximum atomic E-state index is 14.6. The van der Waals surface area contributed by atoms with Crippen molar-refractivity contribution in [3.63, 3.8) is 0 Å². The zero-order valence-electron chi connectivity index (χ0n) is 51.7. The zero-order chi connectivity index (χ0) is 69.3. The number of hydrogen-bond donors (Lipinski definition) is 15. The van der Waals surface area contributed by atoms with Crippen molar-refractivity contribution >= 4 is 83.3 Å². The van der Waals surface area contributed by atoms with Crippen molar-refractivity contribution in [2.75, 3.05) is 158 Å². The molecule has 2 heterocycles. The smallest absolute Gasteiger partial charge is 0.320 e. The molecule has 2 saturated heterocycles. The minimum absolute atomic E-state index is 0.00499. The summed E-state index contributed by atoms with van der Waals surface area (Å²) in [5, 5.41) is 111. The molecule has 37 heteroatoms. The average Bonchev–Trinajstić information content (AvgIpc) is 1.77. The number of carboxylic acid groups (broad SMARTS) is 9. The fourth-order valence-electron chi connectivity index (χ4n) is 10.4. The van der Waals surface area contributed by atoms with E-state index in [0.29, 0.717) is 5.56 Å². The van der Waals surface area contributed by atoms with Crippen molar-refractivity contribution in [1.82, 2.24) is 65.8 Å². The van der Waals surface area contributed by atoms with Gasteiger partial charge >= 0.3 is 53.7 Å². The molecule has 0 aliphatic carbocycles. The van der Waals surface area contributed by atoms with Crippen LogP contribution in [0.15, 0.2) is 24.3 Å². The van der Waals surface area contributed by atoms with Gasteiger partial charge in [-0.3, -0.25) is 106 Å². The molecule has 520 valence electrons. The molecule has 0 saturated carbocycles. The van der Waals surface area contributed by atoms with Crippen LogP contribution in [0.25, 0.3) is 0 Å². The van der Waals surface area contributed by atoms with Crippen LogP contribution < -0.4 is 26.6 Å². The number of rotatable bonds is 35. The number of nitrogens with one attached hydrogen (secondary N) is 5. The molecule has 2 fully saturated rings. The van der Waals surface area contributed by atoms with Gasteiger partial charge in [-0.15, -0.1) is 0 Å². The molecule has 0 aromatic heterocycles. The third-order valence-corrected chi connectivity index (χ3v) is 15.3. The van der Waals surface area contributed by atoms with Crippen molar-refractivity contribution in [2.24, 2.45) is 0 Å². The SMILES string of the molecule is CNC(=O)[C@@H](CCC(=O)O)NC(=O)[C@H](Cc1ccc(O)cc1)NC(=O)C(CNC(=O)CCC(C(=O)O)N1CCN(CC(=O)O)CCN(CC(=O)O)CCN(CC(=O)O)CC1)NC(=O)CCC(C(=O)O)N1CCN(CC(=O)O)CCN(CC(=O)O)CCN(CC(=O)O)CC1. The van der Waals surface area contributed by atoms with E-state index in [-0.39, 0.29) is 117 Å². The fourth-order valence-corrected chi connectivity index (χ4v) is 10.4. The summed E-state index contributed by atoms with van der Waals surface area (Å²) in [6, 6.07) is -2.68. The number of carbonyl (C=O) groups is 14. The van der Waals surface area contributed by atoms with E-state index in [1.807, 2.05) is 0 Å². The standard InChI is InChI=1S/C56H87N13O24/c1-57-52(87)38(6-11-45(73)74)60-53(88)39(28-36-2-4-37(70)5-3-36)61-54(89)40(59-44(72)10-8-42(56(92)93)69-26-22-66(34-50(83)84)18-14-63(31-47(77)78)15-19-67(23-27-69)35-51(85)86)29-58-43(71)9-7-41(55(90)91)68-24-20-64(32-48(79)80)16-12-62(30-46(75)76)13-17-65(21-25-68)33-49(81)82/h2-5,38-42,70H,6-35H2,1H3,(H,57,87)(H,58,71)(H,59,72)(H,60,88)(H,61,89)(H,73,74)(H,75,76)(H,77,78)(H,79,80)(H,81,82)(H,83,84)(H,85,86)(H,90,91)(H,92,93)/t38-,39+,40?,41?,42?/m1/s1. The van der Waals surface area contributed by atoms with Gasteiger partial charge in [0, 0.05) is 144 Å². The number of amides is 5. The highest BCUT2D eigenvalue weighted by Gasteiger charge is 2.34. The zero-order valence-corrected chi connectivity index (χ0v) is 51.7. The van der Waals surface area contributed by atoms with E-state index in [0.717, 1.165) is 0 Å². The van der Waals surface area contributed by atoms with Crippen LogP contribution in [0.4, 0.5) is 0 Å². The van der Waals surface area contributed by atoms with Gasteiger partial charge in [-0.05, 0) is 37.0 Å². The quantitative estimate of drug-likeness (QED) is 0.0300. The second-order valence-electron chi connectivity index (χ2n) is 22.3. The normalized spacial score (nSPS) is 17.9. The molecule has 3 unspecified atom stereocenters. The molecule has 1 aromatic carbocycles. The minimum Gasteiger partial charge on any atom is -0.508 e. The first-order chi connectivity index (χ1) is 43.9. The van der Waals surface area contributed by atoms with E-state index < -0.39 is 198 Å². The lowest BCUT2D eigenvalue weighted by atomic mass is 10.0. The number of hydrogen-bond acceptors (Lipinski definition) is 23. The average molecular weight is 1330 g/mol. The Morgan fingerprint density at radius 3 is 1.02 bits per heavy atom. The van der Waals surface area contributed by atoms with Gasteiger partial charge in [0.1, 0.15) is 36.0 Å². The van der Waals surface area contributed by atoms with Gasteiger partial charge in [0.15, 0.2) is 0 Å². The lowest BCUT2D eigenvalue weighted by Crippen LogP contribution is -2.59. The molecule has 93 heavy (non-hydrogen) atoms.